The Morgan fingerprint density at radius 3 is 2.43 bits per heavy atom. The van der Waals surface area contributed by atoms with Crippen LogP contribution >= 0.6 is 0 Å². The van der Waals surface area contributed by atoms with E-state index in [1.165, 1.54) is 13.1 Å². The monoisotopic (exact) mass is 312 g/mol. The van der Waals surface area contributed by atoms with Crippen LogP contribution in [0.4, 0.5) is 0 Å². The lowest BCUT2D eigenvalue weighted by Crippen LogP contribution is -2.32. The Morgan fingerprint density at radius 2 is 1.90 bits per heavy atom. The number of carbonyl (C=O) groups is 1. The van der Waals surface area contributed by atoms with Gasteiger partial charge in [0.05, 0.1) is 4.90 Å². The Kier molecular flexibility index (Phi) is 5.92. The third kappa shape index (κ3) is 4.28. The van der Waals surface area contributed by atoms with Gasteiger partial charge >= 0.3 is 0 Å². The number of carbonyl (C=O) groups excluding carboxylic acids is 1. The summed E-state index contributed by atoms with van der Waals surface area (Å²) in [6.45, 7) is 7.53. The van der Waals surface area contributed by atoms with E-state index in [-0.39, 0.29) is 16.8 Å². The van der Waals surface area contributed by atoms with Gasteiger partial charge in [0.1, 0.15) is 0 Å². The number of aryl methyl sites for hydroxylation is 1. The fourth-order valence-electron chi connectivity index (χ4n) is 2.16. The Hall–Kier alpha value is -1.40. The summed E-state index contributed by atoms with van der Waals surface area (Å²) >= 11 is 0. The van der Waals surface area contributed by atoms with Crippen molar-refractivity contribution >= 4 is 15.9 Å². The van der Waals surface area contributed by atoms with Crippen molar-refractivity contribution in [3.8, 4) is 0 Å². The van der Waals surface area contributed by atoms with Gasteiger partial charge in [0.15, 0.2) is 0 Å². The minimum Gasteiger partial charge on any atom is -0.350 e. The molecule has 0 aliphatic carbocycles. The zero-order valence-corrected chi connectivity index (χ0v) is 14.1. The van der Waals surface area contributed by atoms with Gasteiger partial charge in [-0.25, -0.2) is 13.1 Å². The van der Waals surface area contributed by atoms with Gasteiger partial charge in [0, 0.05) is 11.6 Å². The number of sulfonamides is 1. The largest absolute Gasteiger partial charge is 0.350 e. The van der Waals surface area contributed by atoms with Gasteiger partial charge in [0.2, 0.25) is 10.0 Å². The number of benzene rings is 1. The highest BCUT2D eigenvalue weighted by Gasteiger charge is 2.19. The molecule has 0 aliphatic rings. The summed E-state index contributed by atoms with van der Waals surface area (Å²) in [5.41, 5.74) is 1.80. The third-order valence-electron chi connectivity index (χ3n) is 3.54. The Bertz CT molecular complexity index is 624. The maximum absolute atomic E-state index is 12.2. The summed E-state index contributed by atoms with van der Waals surface area (Å²) in [5, 5.41) is 2.89. The molecule has 0 bridgehead atoms. The smallest absolute Gasteiger partial charge is 0.251 e. The molecule has 1 unspecified atom stereocenters. The van der Waals surface area contributed by atoms with Crippen molar-refractivity contribution in [3.63, 3.8) is 0 Å². The van der Waals surface area contributed by atoms with Crippen LogP contribution in [0.1, 0.15) is 48.2 Å². The molecule has 21 heavy (non-hydrogen) atoms. The Balaban J connectivity index is 3.19. The van der Waals surface area contributed by atoms with E-state index in [4.69, 9.17) is 0 Å². The molecule has 5 nitrogen and oxygen atoms in total. The van der Waals surface area contributed by atoms with Crippen molar-refractivity contribution in [2.75, 3.05) is 7.05 Å². The molecule has 0 saturated carbocycles. The van der Waals surface area contributed by atoms with Crippen LogP contribution in [-0.2, 0) is 10.0 Å². The highest BCUT2D eigenvalue weighted by molar-refractivity contribution is 7.89. The second-order valence-electron chi connectivity index (χ2n) is 5.29. The van der Waals surface area contributed by atoms with Crippen molar-refractivity contribution in [2.45, 2.75) is 51.5 Å². The van der Waals surface area contributed by atoms with Crippen LogP contribution < -0.4 is 10.0 Å². The molecule has 0 fully saturated rings. The number of amides is 1. The molecule has 0 heterocycles. The molecular weight excluding hydrogens is 288 g/mol. The summed E-state index contributed by atoms with van der Waals surface area (Å²) < 4.78 is 26.4. The van der Waals surface area contributed by atoms with Crippen molar-refractivity contribution in [3.05, 3.63) is 28.8 Å². The van der Waals surface area contributed by atoms with Gasteiger partial charge in [-0.15, -0.1) is 0 Å². The molecule has 0 radical (unpaired) electrons. The summed E-state index contributed by atoms with van der Waals surface area (Å²) in [5.74, 6) is -0.244. The Labute approximate surface area is 127 Å². The summed E-state index contributed by atoms with van der Waals surface area (Å²) in [7, 11) is -2.21. The van der Waals surface area contributed by atoms with Gasteiger partial charge in [0.25, 0.3) is 5.91 Å². The molecule has 0 spiro atoms. The van der Waals surface area contributed by atoms with Crippen LogP contribution in [0.2, 0.25) is 0 Å². The SMILES string of the molecule is CCCC(C)NC(=O)c1cc(C)c(C)c(S(=O)(=O)NC)c1. The maximum Gasteiger partial charge on any atom is 0.251 e. The van der Waals surface area contributed by atoms with Crippen molar-refractivity contribution in [2.24, 2.45) is 0 Å². The topological polar surface area (TPSA) is 75.3 Å². The van der Waals surface area contributed by atoms with E-state index < -0.39 is 10.0 Å². The third-order valence-corrected chi connectivity index (χ3v) is 5.08. The maximum atomic E-state index is 12.2. The minimum absolute atomic E-state index is 0.0634. The van der Waals surface area contributed by atoms with Crippen molar-refractivity contribution in [1.82, 2.24) is 10.0 Å². The standard InChI is InChI=1S/C15H24N2O3S/c1-6-7-11(3)17-15(18)13-8-10(2)12(4)14(9-13)21(19,20)16-5/h8-9,11,16H,6-7H2,1-5H3,(H,17,18). The predicted molar refractivity (Wildman–Crippen MR) is 84.0 cm³/mol. The average molecular weight is 312 g/mol. The predicted octanol–water partition coefficient (Wildman–Crippen LogP) is 2.13. The Morgan fingerprint density at radius 1 is 1.29 bits per heavy atom. The highest BCUT2D eigenvalue weighted by Crippen LogP contribution is 2.21. The molecule has 118 valence electrons. The molecule has 0 aromatic heterocycles. The molecule has 1 aromatic rings. The first-order valence-electron chi connectivity index (χ1n) is 7.08. The summed E-state index contributed by atoms with van der Waals surface area (Å²) in [4.78, 5) is 12.4. The molecular formula is C15H24N2O3S. The number of rotatable bonds is 6. The van der Waals surface area contributed by atoms with E-state index in [2.05, 4.69) is 17.0 Å². The molecule has 0 aliphatic heterocycles. The van der Waals surface area contributed by atoms with Crippen molar-refractivity contribution < 1.29 is 13.2 Å². The van der Waals surface area contributed by atoms with E-state index in [1.807, 2.05) is 6.92 Å². The first-order chi connectivity index (χ1) is 9.72. The first kappa shape index (κ1) is 17.7. The quantitative estimate of drug-likeness (QED) is 0.845. The second-order valence-corrected chi connectivity index (χ2v) is 7.14. The van der Waals surface area contributed by atoms with E-state index in [0.717, 1.165) is 18.4 Å². The first-order valence-corrected chi connectivity index (χ1v) is 8.56. The number of hydrogen-bond donors (Lipinski definition) is 2. The number of hydrogen-bond acceptors (Lipinski definition) is 3. The summed E-state index contributed by atoms with van der Waals surface area (Å²) in [6, 6.07) is 3.22. The molecule has 1 amide bonds. The van der Waals surface area contributed by atoms with Gasteiger partial charge in [-0.2, -0.15) is 0 Å². The van der Waals surface area contributed by atoms with Gasteiger partial charge in [-0.1, -0.05) is 13.3 Å². The van der Waals surface area contributed by atoms with Crippen molar-refractivity contribution in [1.29, 1.82) is 0 Å². The molecule has 2 N–H and O–H groups in total. The van der Waals surface area contributed by atoms with Crippen LogP contribution in [-0.4, -0.2) is 27.4 Å². The normalized spacial score (nSPS) is 13.0. The van der Waals surface area contributed by atoms with Crippen LogP contribution in [0.3, 0.4) is 0 Å². The fraction of sp³-hybridized carbons (Fsp3) is 0.533. The zero-order chi connectivity index (χ0) is 16.2. The zero-order valence-electron chi connectivity index (χ0n) is 13.3. The number of nitrogens with one attached hydrogen (secondary N) is 2. The van der Waals surface area contributed by atoms with E-state index in [9.17, 15) is 13.2 Å². The minimum atomic E-state index is -3.58. The average Bonchev–Trinajstić information content (AvgIpc) is 2.41. The molecule has 6 heteroatoms. The van der Waals surface area contributed by atoms with Crippen LogP contribution in [0.25, 0.3) is 0 Å². The highest BCUT2D eigenvalue weighted by atomic mass is 32.2. The van der Waals surface area contributed by atoms with Crippen LogP contribution in [0.5, 0.6) is 0 Å². The fourth-order valence-corrected chi connectivity index (χ4v) is 3.23. The lowest BCUT2D eigenvalue weighted by molar-refractivity contribution is 0.0938. The van der Waals surface area contributed by atoms with Gasteiger partial charge in [-0.3, -0.25) is 4.79 Å². The lowest BCUT2D eigenvalue weighted by atomic mass is 10.1. The van der Waals surface area contributed by atoms with E-state index in [1.54, 1.807) is 19.9 Å². The van der Waals surface area contributed by atoms with E-state index in [0.29, 0.717) is 11.1 Å². The molecule has 1 rings (SSSR count). The van der Waals surface area contributed by atoms with Gasteiger partial charge < -0.3 is 5.32 Å². The van der Waals surface area contributed by atoms with E-state index >= 15 is 0 Å². The summed E-state index contributed by atoms with van der Waals surface area (Å²) in [6.07, 6.45) is 1.87. The van der Waals surface area contributed by atoms with Gasteiger partial charge in [-0.05, 0) is 57.5 Å². The van der Waals surface area contributed by atoms with Crippen LogP contribution in [0, 0.1) is 13.8 Å². The lowest BCUT2D eigenvalue weighted by Gasteiger charge is -2.15. The molecule has 0 saturated heterocycles. The molecule has 1 aromatic carbocycles. The second kappa shape index (κ2) is 7.04. The van der Waals surface area contributed by atoms with Crippen LogP contribution in [0.15, 0.2) is 17.0 Å². The molecule has 1 atom stereocenters.